The van der Waals surface area contributed by atoms with Crippen LogP contribution in [0.25, 0.3) is 17.1 Å². The molecule has 19 heavy (non-hydrogen) atoms. The van der Waals surface area contributed by atoms with Crippen molar-refractivity contribution in [3.05, 3.63) is 53.6 Å². The number of nitrogens with two attached hydrogens (primary N) is 1. The molecular weight excluding hydrogens is 262 g/mol. The Hall–Kier alpha value is -2.40. The Morgan fingerprint density at radius 1 is 1.05 bits per heavy atom. The first-order valence-electron chi connectivity index (χ1n) is 5.65. The Balaban J connectivity index is 2.02. The molecule has 3 rings (SSSR count). The normalized spacial score (nSPS) is 10.6. The van der Waals surface area contributed by atoms with Gasteiger partial charge in [0.05, 0.1) is 5.69 Å². The van der Waals surface area contributed by atoms with Gasteiger partial charge in [0, 0.05) is 10.6 Å². The summed E-state index contributed by atoms with van der Waals surface area (Å²) >= 11 is 5.86. The summed E-state index contributed by atoms with van der Waals surface area (Å²) in [6.07, 6.45) is 0. The van der Waals surface area contributed by atoms with Gasteiger partial charge in [0.2, 0.25) is 5.82 Å². The van der Waals surface area contributed by atoms with Crippen molar-refractivity contribution in [2.24, 2.45) is 0 Å². The third-order valence-electron chi connectivity index (χ3n) is 2.65. The van der Waals surface area contributed by atoms with Gasteiger partial charge in [-0.25, -0.2) is 0 Å². The molecule has 2 N–H and O–H groups in total. The summed E-state index contributed by atoms with van der Waals surface area (Å²) < 4.78 is 0. The number of aromatic nitrogens is 4. The predicted octanol–water partition coefficient (Wildman–Crippen LogP) is 2.56. The molecule has 94 valence electrons. The Morgan fingerprint density at radius 3 is 2.58 bits per heavy atom. The number of nitrogens with zero attached hydrogens (tertiary/aromatic N) is 4. The average molecular weight is 272 g/mol. The lowest BCUT2D eigenvalue weighted by Gasteiger charge is -2.02. The van der Waals surface area contributed by atoms with Crippen LogP contribution in [0.2, 0.25) is 5.02 Å². The molecule has 3 aromatic rings. The highest BCUT2D eigenvalue weighted by molar-refractivity contribution is 6.30. The van der Waals surface area contributed by atoms with Crippen molar-refractivity contribution in [3.63, 3.8) is 0 Å². The zero-order chi connectivity index (χ0) is 13.2. The van der Waals surface area contributed by atoms with Gasteiger partial charge >= 0.3 is 0 Å². The first-order valence-corrected chi connectivity index (χ1v) is 6.03. The number of anilines is 1. The molecule has 0 bridgehead atoms. The number of hydrogen-bond acceptors (Lipinski definition) is 4. The summed E-state index contributed by atoms with van der Waals surface area (Å²) in [6, 6.07) is 14.8. The van der Waals surface area contributed by atoms with Gasteiger partial charge in [-0.15, -0.1) is 15.0 Å². The minimum absolute atomic E-state index is 0.504. The van der Waals surface area contributed by atoms with E-state index in [2.05, 4.69) is 15.4 Å². The highest BCUT2D eigenvalue weighted by atomic mass is 35.5. The molecule has 0 aliphatic rings. The van der Waals surface area contributed by atoms with Gasteiger partial charge in [0.15, 0.2) is 0 Å². The molecule has 0 atom stereocenters. The molecule has 0 unspecified atom stereocenters. The topological polar surface area (TPSA) is 69.6 Å². The smallest absolute Gasteiger partial charge is 0.205 e. The van der Waals surface area contributed by atoms with Crippen LogP contribution in [0.4, 0.5) is 5.69 Å². The second kappa shape index (κ2) is 4.70. The van der Waals surface area contributed by atoms with Crippen LogP contribution in [-0.2, 0) is 0 Å². The number of rotatable bonds is 2. The number of hydrogen-bond donors (Lipinski definition) is 1. The summed E-state index contributed by atoms with van der Waals surface area (Å²) in [4.78, 5) is 1.40. The standard InChI is InChI=1S/C13H10ClN5/c14-10-6-7-12(11(15)8-10)19-17-13(16-18-19)9-4-2-1-3-5-9/h1-8H,15H2. The molecule has 0 saturated heterocycles. The van der Waals surface area contributed by atoms with E-state index in [0.717, 1.165) is 5.56 Å². The van der Waals surface area contributed by atoms with E-state index in [-0.39, 0.29) is 0 Å². The van der Waals surface area contributed by atoms with Crippen LogP contribution in [0.15, 0.2) is 48.5 Å². The van der Waals surface area contributed by atoms with Crippen LogP contribution in [-0.4, -0.2) is 20.2 Å². The lowest BCUT2D eigenvalue weighted by molar-refractivity contribution is 0.722. The molecule has 0 amide bonds. The van der Waals surface area contributed by atoms with E-state index in [0.29, 0.717) is 22.2 Å². The molecule has 0 radical (unpaired) electrons. The van der Waals surface area contributed by atoms with E-state index in [4.69, 9.17) is 17.3 Å². The molecular formula is C13H10ClN5. The third kappa shape index (κ3) is 2.28. The van der Waals surface area contributed by atoms with Gasteiger partial charge in [-0.3, -0.25) is 0 Å². The SMILES string of the molecule is Nc1cc(Cl)ccc1-n1nnc(-c2ccccc2)n1. The predicted molar refractivity (Wildman–Crippen MR) is 74.0 cm³/mol. The molecule has 1 aromatic heterocycles. The lowest BCUT2D eigenvalue weighted by Crippen LogP contribution is -2.03. The van der Waals surface area contributed by atoms with Crippen LogP contribution in [0.1, 0.15) is 0 Å². The molecule has 5 nitrogen and oxygen atoms in total. The van der Waals surface area contributed by atoms with E-state index < -0.39 is 0 Å². The van der Waals surface area contributed by atoms with E-state index in [1.165, 1.54) is 4.80 Å². The number of nitrogen functional groups attached to an aromatic ring is 1. The maximum absolute atomic E-state index is 5.89. The fraction of sp³-hybridized carbons (Fsp3) is 0. The fourth-order valence-electron chi connectivity index (χ4n) is 1.73. The van der Waals surface area contributed by atoms with Crippen molar-refractivity contribution in [2.45, 2.75) is 0 Å². The maximum Gasteiger partial charge on any atom is 0.205 e. The van der Waals surface area contributed by atoms with Crippen molar-refractivity contribution >= 4 is 17.3 Å². The van der Waals surface area contributed by atoms with Gasteiger partial charge in [0.25, 0.3) is 0 Å². The molecule has 0 fully saturated rings. The summed E-state index contributed by atoms with van der Waals surface area (Å²) in [6.45, 7) is 0. The van der Waals surface area contributed by atoms with Crippen LogP contribution in [0.5, 0.6) is 0 Å². The molecule has 0 aliphatic heterocycles. The first-order chi connectivity index (χ1) is 9.24. The molecule has 6 heteroatoms. The Morgan fingerprint density at radius 2 is 1.84 bits per heavy atom. The van der Waals surface area contributed by atoms with Crippen molar-refractivity contribution in [1.29, 1.82) is 0 Å². The van der Waals surface area contributed by atoms with Gasteiger partial charge in [-0.2, -0.15) is 0 Å². The lowest BCUT2D eigenvalue weighted by atomic mass is 10.2. The van der Waals surface area contributed by atoms with Crippen LogP contribution in [0.3, 0.4) is 0 Å². The Bertz CT molecular complexity index is 708. The van der Waals surface area contributed by atoms with Gasteiger partial charge in [-0.1, -0.05) is 41.9 Å². The van der Waals surface area contributed by atoms with Crippen molar-refractivity contribution < 1.29 is 0 Å². The monoisotopic (exact) mass is 271 g/mol. The second-order valence-corrected chi connectivity index (χ2v) is 4.41. The maximum atomic E-state index is 5.89. The zero-order valence-electron chi connectivity index (χ0n) is 9.86. The summed E-state index contributed by atoms with van der Waals surface area (Å²) in [5, 5.41) is 12.9. The summed E-state index contributed by atoms with van der Waals surface area (Å²) in [5.74, 6) is 0.551. The van der Waals surface area contributed by atoms with E-state index in [1.54, 1.807) is 18.2 Å². The minimum atomic E-state index is 0.504. The van der Waals surface area contributed by atoms with Crippen molar-refractivity contribution in [2.75, 3.05) is 5.73 Å². The van der Waals surface area contributed by atoms with E-state index in [1.807, 2.05) is 30.3 Å². The molecule has 2 aromatic carbocycles. The summed E-state index contributed by atoms with van der Waals surface area (Å²) in [7, 11) is 0. The largest absolute Gasteiger partial charge is 0.397 e. The number of tetrazole rings is 1. The Kier molecular flexibility index (Phi) is 2.89. The van der Waals surface area contributed by atoms with Crippen LogP contribution in [0, 0.1) is 0 Å². The van der Waals surface area contributed by atoms with Crippen LogP contribution >= 0.6 is 11.6 Å². The zero-order valence-corrected chi connectivity index (χ0v) is 10.6. The highest BCUT2D eigenvalue weighted by Gasteiger charge is 2.09. The molecule has 0 aliphatic carbocycles. The number of benzene rings is 2. The molecule has 0 spiro atoms. The van der Waals surface area contributed by atoms with Gasteiger partial charge < -0.3 is 5.73 Å². The molecule has 0 saturated carbocycles. The Labute approximate surface area is 114 Å². The second-order valence-electron chi connectivity index (χ2n) is 3.97. The fourth-order valence-corrected chi connectivity index (χ4v) is 1.91. The van der Waals surface area contributed by atoms with E-state index in [9.17, 15) is 0 Å². The van der Waals surface area contributed by atoms with Crippen molar-refractivity contribution in [3.8, 4) is 17.1 Å². The molecule has 1 heterocycles. The first kappa shape index (κ1) is 11.7. The quantitative estimate of drug-likeness (QED) is 0.727. The van der Waals surface area contributed by atoms with Crippen LogP contribution < -0.4 is 5.73 Å². The third-order valence-corrected chi connectivity index (χ3v) is 2.89. The summed E-state index contributed by atoms with van der Waals surface area (Å²) in [5.41, 5.74) is 7.95. The van der Waals surface area contributed by atoms with Gasteiger partial charge in [-0.05, 0) is 23.4 Å². The van der Waals surface area contributed by atoms with E-state index >= 15 is 0 Å². The minimum Gasteiger partial charge on any atom is -0.397 e. The highest BCUT2D eigenvalue weighted by Crippen LogP contribution is 2.21. The van der Waals surface area contributed by atoms with Crippen molar-refractivity contribution in [1.82, 2.24) is 20.2 Å². The average Bonchev–Trinajstić information content (AvgIpc) is 2.89. The van der Waals surface area contributed by atoms with Gasteiger partial charge in [0.1, 0.15) is 5.69 Å². The number of halogens is 1.